The van der Waals surface area contributed by atoms with E-state index in [-0.39, 0.29) is 5.91 Å². The second-order valence-corrected chi connectivity index (χ2v) is 5.95. The lowest BCUT2D eigenvalue weighted by atomic mass is 10.2. The van der Waals surface area contributed by atoms with Gasteiger partial charge in [-0.2, -0.15) is 0 Å². The Kier molecular flexibility index (Phi) is 8.69. The minimum absolute atomic E-state index is 0.0470. The summed E-state index contributed by atoms with van der Waals surface area (Å²) in [6.45, 7) is 4.71. The van der Waals surface area contributed by atoms with Gasteiger partial charge in [-0.15, -0.1) is 0 Å². The number of benzene rings is 2. The van der Waals surface area contributed by atoms with Crippen LogP contribution < -0.4 is 20.7 Å². The number of rotatable bonds is 9. The van der Waals surface area contributed by atoms with Gasteiger partial charge in [-0.05, 0) is 43.2 Å². The van der Waals surface area contributed by atoms with Crippen molar-refractivity contribution >= 4 is 11.9 Å². The van der Waals surface area contributed by atoms with Crippen LogP contribution in [0.4, 0.5) is 0 Å². The monoisotopic (exact) mass is 368 g/mol. The van der Waals surface area contributed by atoms with E-state index in [2.05, 4.69) is 20.9 Å². The molecule has 2 aromatic rings. The molecule has 0 unspecified atom stereocenters. The third-order valence-corrected chi connectivity index (χ3v) is 3.87. The zero-order valence-electron chi connectivity index (χ0n) is 16.0. The van der Waals surface area contributed by atoms with E-state index in [1.54, 1.807) is 7.11 Å². The number of amides is 1. The summed E-state index contributed by atoms with van der Waals surface area (Å²) in [5, 5.41) is 9.44. The highest BCUT2D eigenvalue weighted by atomic mass is 16.5. The number of hydrogen-bond acceptors (Lipinski definition) is 3. The number of guanidine groups is 1. The quantitative estimate of drug-likeness (QED) is 0.361. The van der Waals surface area contributed by atoms with Crippen molar-refractivity contribution in [3.8, 4) is 5.75 Å². The molecule has 6 heteroatoms. The molecule has 0 aliphatic rings. The minimum Gasteiger partial charge on any atom is -0.497 e. The number of carbonyl (C=O) groups is 1. The van der Waals surface area contributed by atoms with Crippen LogP contribution in [-0.4, -0.2) is 38.6 Å². The van der Waals surface area contributed by atoms with Crippen molar-refractivity contribution in [1.29, 1.82) is 0 Å². The van der Waals surface area contributed by atoms with Crippen LogP contribution >= 0.6 is 0 Å². The van der Waals surface area contributed by atoms with Crippen molar-refractivity contribution in [2.45, 2.75) is 19.9 Å². The Labute approximate surface area is 161 Å². The standard InChI is InChI=1S/C21H28N4O2/c1-3-22-21(25-16-17-9-7-12-19(15-17)27-2)24-14-8-13-23-20(26)18-10-5-4-6-11-18/h4-7,9-12,15H,3,8,13-14,16H2,1-2H3,(H,23,26)(H2,22,24,25). The molecule has 1 amide bonds. The van der Waals surface area contributed by atoms with Crippen molar-refractivity contribution in [2.75, 3.05) is 26.7 Å². The molecule has 0 atom stereocenters. The fraction of sp³-hybridized carbons (Fsp3) is 0.333. The molecule has 0 bridgehead atoms. The van der Waals surface area contributed by atoms with Crippen LogP contribution in [0.25, 0.3) is 0 Å². The Bertz CT molecular complexity index is 732. The highest BCUT2D eigenvalue weighted by molar-refractivity contribution is 5.94. The van der Waals surface area contributed by atoms with Gasteiger partial charge in [0.25, 0.3) is 5.91 Å². The van der Waals surface area contributed by atoms with E-state index in [4.69, 9.17) is 4.74 Å². The Morgan fingerprint density at radius 2 is 1.78 bits per heavy atom. The molecule has 6 nitrogen and oxygen atoms in total. The number of hydrogen-bond donors (Lipinski definition) is 3. The molecule has 0 saturated heterocycles. The number of carbonyl (C=O) groups excluding carboxylic acids is 1. The summed E-state index contributed by atoms with van der Waals surface area (Å²) in [5.74, 6) is 1.54. The molecule has 3 N–H and O–H groups in total. The van der Waals surface area contributed by atoms with Crippen molar-refractivity contribution in [3.05, 3.63) is 65.7 Å². The zero-order valence-corrected chi connectivity index (χ0v) is 16.0. The molecule has 2 rings (SSSR count). The van der Waals surface area contributed by atoms with Crippen molar-refractivity contribution < 1.29 is 9.53 Å². The van der Waals surface area contributed by atoms with Crippen LogP contribution in [0.2, 0.25) is 0 Å². The van der Waals surface area contributed by atoms with E-state index in [1.165, 1.54) is 0 Å². The lowest BCUT2D eigenvalue weighted by Gasteiger charge is -2.12. The molecule has 0 aliphatic carbocycles. The van der Waals surface area contributed by atoms with Crippen LogP contribution in [0.1, 0.15) is 29.3 Å². The smallest absolute Gasteiger partial charge is 0.251 e. The average Bonchev–Trinajstić information content (AvgIpc) is 2.72. The maximum atomic E-state index is 12.0. The van der Waals surface area contributed by atoms with Gasteiger partial charge in [0.1, 0.15) is 5.75 Å². The van der Waals surface area contributed by atoms with Gasteiger partial charge in [0.2, 0.25) is 0 Å². The summed E-state index contributed by atoms with van der Waals surface area (Å²) in [6.07, 6.45) is 0.808. The first-order chi connectivity index (χ1) is 13.2. The van der Waals surface area contributed by atoms with Gasteiger partial charge >= 0.3 is 0 Å². The molecule has 0 saturated carbocycles. The molecule has 27 heavy (non-hydrogen) atoms. The molecular weight excluding hydrogens is 340 g/mol. The lowest BCUT2D eigenvalue weighted by Crippen LogP contribution is -2.38. The van der Waals surface area contributed by atoms with E-state index in [0.717, 1.165) is 36.8 Å². The maximum Gasteiger partial charge on any atom is 0.251 e. The van der Waals surface area contributed by atoms with Gasteiger partial charge in [0.05, 0.1) is 13.7 Å². The van der Waals surface area contributed by atoms with Crippen molar-refractivity contribution in [3.63, 3.8) is 0 Å². The van der Waals surface area contributed by atoms with E-state index < -0.39 is 0 Å². The van der Waals surface area contributed by atoms with Crippen LogP contribution in [0.15, 0.2) is 59.6 Å². The summed E-state index contributed by atoms with van der Waals surface area (Å²) >= 11 is 0. The fourth-order valence-electron chi connectivity index (χ4n) is 2.47. The second kappa shape index (κ2) is 11.6. The predicted molar refractivity (Wildman–Crippen MR) is 109 cm³/mol. The molecule has 0 radical (unpaired) electrons. The fourth-order valence-corrected chi connectivity index (χ4v) is 2.47. The van der Waals surface area contributed by atoms with E-state index in [1.807, 2.05) is 61.5 Å². The zero-order chi connectivity index (χ0) is 19.3. The molecule has 0 aromatic heterocycles. The highest BCUT2D eigenvalue weighted by Crippen LogP contribution is 2.13. The largest absolute Gasteiger partial charge is 0.497 e. The van der Waals surface area contributed by atoms with E-state index >= 15 is 0 Å². The van der Waals surface area contributed by atoms with Gasteiger partial charge in [0, 0.05) is 25.2 Å². The topological polar surface area (TPSA) is 74.8 Å². The van der Waals surface area contributed by atoms with Crippen molar-refractivity contribution in [1.82, 2.24) is 16.0 Å². The van der Waals surface area contributed by atoms with Gasteiger partial charge in [-0.25, -0.2) is 4.99 Å². The van der Waals surface area contributed by atoms with Crippen LogP contribution in [0, 0.1) is 0 Å². The Morgan fingerprint density at radius 3 is 2.52 bits per heavy atom. The predicted octanol–water partition coefficient (Wildman–Crippen LogP) is 2.57. The number of ether oxygens (including phenoxy) is 1. The SMILES string of the molecule is CCNC(=NCc1cccc(OC)c1)NCCCNC(=O)c1ccccc1. The Balaban J connectivity index is 1.74. The highest BCUT2D eigenvalue weighted by Gasteiger charge is 2.03. The Hall–Kier alpha value is -3.02. The first-order valence-corrected chi connectivity index (χ1v) is 9.21. The van der Waals surface area contributed by atoms with Gasteiger partial charge in [-0.1, -0.05) is 30.3 Å². The second-order valence-electron chi connectivity index (χ2n) is 5.95. The van der Waals surface area contributed by atoms with Crippen LogP contribution in [-0.2, 0) is 6.54 Å². The maximum absolute atomic E-state index is 12.0. The average molecular weight is 368 g/mol. The first kappa shape index (κ1) is 20.3. The van der Waals surface area contributed by atoms with E-state index in [9.17, 15) is 4.79 Å². The molecule has 0 aliphatic heterocycles. The minimum atomic E-state index is -0.0470. The van der Waals surface area contributed by atoms with Gasteiger partial charge < -0.3 is 20.7 Å². The number of methoxy groups -OCH3 is 1. The number of nitrogens with one attached hydrogen (secondary N) is 3. The third kappa shape index (κ3) is 7.40. The molecule has 0 fully saturated rings. The first-order valence-electron chi connectivity index (χ1n) is 9.21. The summed E-state index contributed by atoms with van der Waals surface area (Å²) in [7, 11) is 1.66. The normalized spacial score (nSPS) is 11.0. The molecule has 144 valence electrons. The third-order valence-electron chi connectivity index (χ3n) is 3.87. The van der Waals surface area contributed by atoms with Crippen molar-refractivity contribution in [2.24, 2.45) is 4.99 Å². The number of aliphatic imine (C=N–C) groups is 1. The molecule has 2 aromatic carbocycles. The van der Waals surface area contributed by atoms with Gasteiger partial charge in [-0.3, -0.25) is 4.79 Å². The van der Waals surface area contributed by atoms with Gasteiger partial charge in [0.15, 0.2) is 5.96 Å². The Morgan fingerprint density at radius 1 is 1.00 bits per heavy atom. The summed E-state index contributed by atoms with van der Waals surface area (Å²) in [4.78, 5) is 16.6. The molecular formula is C21H28N4O2. The van der Waals surface area contributed by atoms with E-state index in [0.29, 0.717) is 18.7 Å². The summed E-state index contributed by atoms with van der Waals surface area (Å²) < 4.78 is 5.24. The lowest BCUT2D eigenvalue weighted by molar-refractivity contribution is 0.0953. The summed E-state index contributed by atoms with van der Waals surface area (Å²) in [6, 6.07) is 17.1. The van der Waals surface area contributed by atoms with Crippen LogP contribution in [0.5, 0.6) is 5.75 Å². The number of nitrogens with zero attached hydrogens (tertiary/aromatic N) is 1. The molecule has 0 heterocycles. The van der Waals surface area contributed by atoms with Crippen LogP contribution in [0.3, 0.4) is 0 Å². The summed E-state index contributed by atoms with van der Waals surface area (Å²) in [5.41, 5.74) is 1.76. The molecule has 0 spiro atoms.